The van der Waals surface area contributed by atoms with E-state index < -0.39 is 0 Å². The van der Waals surface area contributed by atoms with Gasteiger partial charge in [-0.25, -0.2) is 4.99 Å². The smallest absolute Gasteiger partial charge is 0.193 e. The topological polar surface area (TPSA) is 68.9 Å². The zero-order valence-corrected chi connectivity index (χ0v) is 14.6. The summed E-state index contributed by atoms with van der Waals surface area (Å²) in [6, 6.07) is 13.3. The second kappa shape index (κ2) is 9.15. The Hall–Kier alpha value is -2.24. The molecule has 128 valence electrons. The summed E-state index contributed by atoms with van der Waals surface area (Å²) in [4.78, 5) is 4.38. The Morgan fingerprint density at radius 3 is 2.75 bits per heavy atom. The van der Waals surface area contributed by atoms with Crippen LogP contribution in [0.2, 0.25) is 5.02 Å². The molecule has 0 heterocycles. The maximum atomic E-state index is 6.01. The van der Waals surface area contributed by atoms with Crippen LogP contribution in [0, 0.1) is 0 Å². The van der Waals surface area contributed by atoms with E-state index in [0.29, 0.717) is 30.7 Å². The number of nitrogens with one attached hydrogen (secondary N) is 1. The molecule has 5 nitrogen and oxygen atoms in total. The molecule has 2 aromatic rings. The second-order valence-electron chi connectivity index (χ2n) is 5.10. The van der Waals surface area contributed by atoms with Crippen LogP contribution in [0.4, 0.5) is 5.69 Å². The SMILES string of the molecule is CCOc1cc(Cl)ccc1CN=C(N)Nc1ccccc1COC. The van der Waals surface area contributed by atoms with Crippen molar-refractivity contribution in [1.29, 1.82) is 0 Å². The molecule has 0 aliphatic rings. The minimum Gasteiger partial charge on any atom is -0.493 e. The number of anilines is 1. The van der Waals surface area contributed by atoms with Crippen LogP contribution in [0.3, 0.4) is 0 Å². The lowest BCUT2D eigenvalue weighted by Gasteiger charge is -2.12. The van der Waals surface area contributed by atoms with Crippen LogP contribution in [0.25, 0.3) is 0 Å². The highest BCUT2D eigenvalue weighted by Crippen LogP contribution is 2.24. The Kier molecular flexibility index (Phi) is 6.90. The van der Waals surface area contributed by atoms with Crippen molar-refractivity contribution in [2.75, 3.05) is 19.0 Å². The predicted molar refractivity (Wildman–Crippen MR) is 98.7 cm³/mol. The standard InChI is InChI=1S/C18H22ClN3O2/c1-3-24-17-10-15(19)9-8-13(17)11-21-18(20)22-16-7-5-4-6-14(16)12-23-2/h4-10H,3,11-12H2,1-2H3,(H3,20,21,22). The van der Waals surface area contributed by atoms with Gasteiger partial charge in [-0.15, -0.1) is 0 Å². The molecule has 0 atom stereocenters. The Balaban J connectivity index is 2.10. The number of hydrogen-bond donors (Lipinski definition) is 2. The number of nitrogens with zero attached hydrogens (tertiary/aromatic N) is 1. The number of nitrogens with two attached hydrogens (primary N) is 1. The molecule has 0 radical (unpaired) electrons. The number of methoxy groups -OCH3 is 1. The molecule has 2 rings (SSSR count). The molecule has 0 fully saturated rings. The number of guanidine groups is 1. The summed E-state index contributed by atoms with van der Waals surface area (Å²) in [5, 5.41) is 3.74. The third-order valence-corrected chi connectivity index (χ3v) is 3.56. The van der Waals surface area contributed by atoms with E-state index in [4.69, 9.17) is 26.8 Å². The first-order valence-corrected chi connectivity index (χ1v) is 8.06. The first kappa shape index (κ1) is 18.1. The number of rotatable bonds is 7. The van der Waals surface area contributed by atoms with Crippen LogP contribution in [0.15, 0.2) is 47.5 Å². The minimum atomic E-state index is 0.330. The molecule has 0 amide bonds. The van der Waals surface area contributed by atoms with Crippen molar-refractivity contribution in [3.05, 3.63) is 58.6 Å². The fourth-order valence-corrected chi connectivity index (χ4v) is 2.38. The first-order chi connectivity index (χ1) is 11.6. The molecule has 6 heteroatoms. The van der Waals surface area contributed by atoms with Crippen molar-refractivity contribution >= 4 is 23.2 Å². The minimum absolute atomic E-state index is 0.330. The number of para-hydroxylation sites is 1. The Bertz CT molecular complexity index is 704. The number of benzene rings is 2. The highest BCUT2D eigenvalue weighted by atomic mass is 35.5. The molecular formula is C18H22ClN3O2. The quantitative estimate of drug-likeness (QED) is 0.590. The van der Waals surface area contributed by atoms with E-state index >= 15 is 0 Å². The molecular weight excluding hydrogens is 326 g/mol. The normalized spacial score (nSPS) is 11.4. The van der Waals surface area contributed by atoms with Crippen LogP contribution in [0.5, 0.6) is 5.75 Å². The van der Waals surface area contributed by atoms with E-state index in [0.717, 1.165) is 22.6 Å². The van der Waals surface area contributed by atoms with Gasteiger partial charge in [-0.05, 0) is 25.1 Å². The third kappa shape index (κ3) is 5.15. The summed E-state index contributed by atoms with van der Waals surface area (Å²) < 4.78 is 10.8. The van der Waals surface area contributed by atoms with Crippen LogP contribution >= 0.6 is 11.6 Å². The van der Waals surface area contributed by atoms with Gasteiger partial charge in [0.1, 0.15) is 5.75 Å². The zero-order chi connectivity index (χ0) is 17.4. The summed E-state index contributed by atoms with van der Waals surface area (Å²) in [5.41, 5.74) is 8.82. The van der Waals surface area contributed by atoms with E-state index in [2.05, 4.69) is 10.3 Å². The average Bonchev–Trinajstić information content (AvgIpc) is 2.56. The van der Waals surface area contributed by atoms with Gasteiger partial charge in [-0.3, -0.25) is 0 Å². The summed E-state index contributed by atoms with van der Waals surface area (Å²) in [5.74, 6) is 1.05. The van der Waals surface area contributed by atoms with E-state index in [1.54, 1.807) is 13.2 Å². The summed E-state index contributed by atoms with van der Waals surface area (Å²) in [7, 11) is 1.66. The molecule has 2 aromatic carbocycles. The fraction of sp³-hybridized carbons (Fsp3) is 0.278. The van der Waals surface area contributed by atoms with E-state index in [1.807, 2.05) is 43.3 Å². The van der Waals surface area contributed by atoms with Gasteiger partial charge in [0.15, 0.2) is 5.96 Å². The molecule has 0 aromatic heterocycles. The van der Waals surface area contributed by atoms with Crippen molar-refractivity contribution < 1.29 is 9.47 Å². The molecule has 0 saturated heterocycles. The Labute approximate surface area is 147 Å². The maximum Gasteiger partial charge on any atom is 0.193 e. The van der Waals surface area contributed by atoms with E-state index in [1.165, 1.54) is 0 Å². The highest BCUT2D eigenvalue weighted by molar-refractivity contribution is 6.30. The average molecular weight is 348 g/mol. The van der Waals surface area contributed by atoms with Gasteiger partial charge in [-0.2, -0.15) is 0 Å². The lowest BCUT2D eigenvalue weighted by Crippen LogP contribution is -2.23. The number of ether oxygens (including phenoxy) is 2. The number of aliphatic imine (C=N–C) groups is 1. The van der Waals surface area contributed by atoms with Gasteiger partial charge < -0.3 is 20.5 Å². The zero-order valence-electron chi connectivity index (χ0n) is 13.9. The lowest BCUT2D eigenvalue weighted by atomic mass is 10.2. The predicted octanol–water partition coefficient (Wildman–Crippen LogP) is 3.81. The van der Waals surface area contributed by atoms with Gasteiger partial charge in [0.05, 0.1) is 19.8 Å². The van der Waals surface area contributed by atoms with Gasteiger partial charge in [0.25, 0.3) is 0 Å². The molecule has 0 unspecified atom stereocenters. The van der Waals surface area contributed by atoms with E-state index in [9.17, 15) is 0 Å². The largest absolute Gasteiger partial charge is 0.493 e. The second-order valence-corrected chi connectivity index (χ2v) is 5.54. The first-order valence-electron chi connectivity index (χ1n) is 7.69. The van der Waals surface area contributed by atoms with Crippen LogP contribution < -0.4 is 15.8 Å². The number of halogens is 1. The van der Waals surface area contributed by atoms with Gasteiger partial charge in [-0.1, -0.05) is 35.9 Å². The highest BCUT2D eigenvalue weighted by Gasteiger charge is 2.06. The molecule has 3 N–H and O–H groups in total. The number of hydrogen-bond acceptors (Lipinski definition) is 3. The molecule has 24 heavy (non-hydrogen) atoms. The summed E-state index contributed by atoms with van der Waals surface area (Å²) in [6.45, 7) is 3.39. The summed E-state index contributed by atoms with van der Waals surface area (Å²) in [6.07, 6.45) is 0. The van der Waals surface area contributed by atoms with Gasteiger partial charge >= 0.3 is 0 Å². The molecule has 0 aliphatic heterocycles. The van der Waals surface area contributed by atoms with Crippen molar-refractivity contribution in [2.45, 2.75) is 20.1 Å². The van der Waals surface area contributed by atoms with Crippen LogP contribution in [-0.2, 0) is 17.9 Å². The Morgan fingerprint density at radius 1 is 1.21 bits per heavy atom. The van der Waals surface area contributed by atoms with Crippen molar-refractivity contribution in [3.8, 4) is 5.75 Å². The van der Waals surface area contributed by atoms with Gasteiger partial charge in [0, 0.05) is 28.9 Å². The summed E-state index contributed by atoms with van der Waals surface area (Å²) >= 11 is 6.01. The van der Waals surface area contributed by atoms with Gasteiger partial charge in [0.2, 0.25) is 0 Å². The van der Waals surface area contributed by atoms with Crippen LogP contribution in [0.1, 0.15) is 18.1 Å². The Morgan fingerprint density at radius 2 is 2.00 bits per heavy atom. The fourth-order valence-electron chi connectivity index (χ4n) is 2.22. The third-order valence-electron chi connectivity index (χ3n) is 3.33. The van der Waals surface area contributed by atoms with Crippen molar-refractivity contribution in [3.63, 3.8) is 0 Å². The molecule has 0 aliphatic carbocycles. The monoisotopic (exact) mass is 347 g/mol. The molecule has 0 spiro atoms. The van der Waals surface area contributed by atoms with Crippen LogP contribution in [-0.4, -0.2) is 19.7 Å². The lowest BCUT2D eigenvalue weighted by molar-refractivity contribution is 0.185. The maximum absolute atomic E-state index is 6.01. The van der Waals surface area contributed by atoms with Crippen molar-refractivity contribution in [1.82, 2.24) is 0 Å². The molecule has 0 saturated carbocycles. The molecule has 0 bridgehead atoms. The van der Waals surface area contributed by atoms with Crippen molar-refractivity contribution in [2.24, 2.45) is 10.7 Å². The van der Waals surface area contributed by atoms with E-state index in [-0.39, 0.29) is 0 Å².